The van der Waals surface area contributed by atoms with E-state index in [4.69, 9.17) is 4.74 Å². The van der Waals surface area contributed by atoms with Crippen LogP contribution in [0.5, 0.6) is 5.75 Å². The fraction of sp³-hybridized carbons (Fsp3) is 0.625. The Balaban J connectivity index is 2.28. The molecule has 1 heterocycles. The topological polar surface area (TPSA) is 29.5 Å². The molecule has 0 aromatic heterocycles. The van der Waals surface area contributed by atoms with Crippen molar-refractivity contribution in [2.75, 3.05) is 18.6 Å². The Morgan fingerprint density at radius 2 is 1.95 bits per heavy atom. The molecule has 1 aromatic carbocycles. The Labute approximate surface area is 130 Å². The molecule has 1 saturated heterocycles. The SMILES string of the molecule is CCC1SCCSC1C(O)c1cc(C)c(OC)cc1C. The molecule has 0 radical (unpaired) electrons. The van der Waals surface area contributed by atoms with Crippen LogP contribution in [-0.2, 0) is 0 Å². The van der Waals surface area contributed by atoms with Crippen molar-refractivity contribution in [3.63, 3.8) is 0 Å². The third kappa shape index (κ3) is 3.29. The van der Waals surface area contributed by atoms with E-state index in [2.05, 4.69) is 19.9 Å². The van der Waals surface area contributed by atoms with E-state index in [-0.39, 0.29) is 6.10 Å². The van der Waals surface area contributed by atoms with Gasteiger partial charge >= 0.3 is 0 Å². The number of benzene rings is 1. The molecule has 0 saturated carbocycles. The number of methoxy groups -OCH3 is 1. The van der Waals surface area contributed by atoms with Gasteiger partial charge in [-0.25, -0.2) is 0 Å². The van der Waals surface area contributed by atoms with Crippen LogP contribution in [0.1, 0.15) is 36.1 Å². The Morgan fingerprint density at radius 3 is 2.60 bits per heavy atom. The van der Waals surface area contributed by atoms with Gasteiger partial charge in [-0.05, 0) is 49.1 Å². The molecule has 0 amide bonds. The number of ether oxygens (including phenoxy) is 1. The summed E-state index contributed by atoms with van der Waals surface area (Å²) < 4.78 is 5.36. The minimum Gasteiger partial charge on any atom is -0.496 e. The van der Waals surface area contributed by atoms with Gasteiger partial charge in [0.05, 0.1) is 13.2 Å². The maximum Gasteiger partial charge on any atom is 0.122 e. The van der Waals surface area contributed by atoms with Crippen molar-refractivity contribution < 1.29 is 9.84 Å². The summed E-state index contributed by atoms with van der Waals surface area (Å²) in [6.45, 7) is 6.31. The van der Waals surface area contributed by atoms with Crippen LogP contribution in [0, 0.1) is 13.8 Å². The van der Waals surface area contributed by atoms with Crippen LogP contribution in [0.2, 0.25) is 0 Å². The first kappa shape index (κ1) is 16.1. The van der Waals surface area contributed by atoms with Crippen LogP contribution < -0.4 is 4.74 Å². The Morgan fingerprint density at radius 1 is 1.25 bits per heavy atom. The molecule has 0 aliphatic carbocycles. The second-order valence-electron chi connectivity index (χ2n) is 5.28. The molecule has 0 bridgehead atoms. The number of rotatable bonds is 4. The van der Waals surface area contributed by atoms with Gasteiger partial charge in [-0.3, -0.25) is 0 Å². The molecule has 0 spiro atoms. The molecule has 1 aromatic rings. The van der Waals surface area contributed by atoms with Crippen LogP contribution in [-0.4, -0.2) is 34.2 Å². The molecule has 1 fully saturated rings. The van der Waals surface area contributed by atoms with Crippen LogP contribution in [0.25, 0.3) is 0 Å². The lowest BCUT2D eigenvalue weighted by molar-refractivity contribution is 0.171. The highest BCUT2D eigenvalue weighted by Crippen LogP contribution is 2.41. The summed E-state index contributed by atoms with van der Waals surface area (Å²) in [6, 6.07) is 4.13. The van der Waals surface area contributed by atoms with Gasteiger partial charge in [0, 0.05) is 22.0 Å². The highest BCUT2D eigenvalue weighted by atomic mass is 32.2. The maximum atomic E-state index is 10.8. The smallest absolute Gasteiger partial charge is 0.122 e. The van der Waals surface area contributed by atoms with Gasteiger partial charge < -0.3 is 9.84 Å². The Kier molecular flexibility index (Phi) is 5.70. The van der Waals surface area contributed by atoms with Crippen molar-refractivity contribution in [2.45, 2.75) is 43.8 Å². The third-order valence-corrected chi connectivity index (χ3v) is 7.24. The molecule has 3 atom stereocenters. The second kappa shape index (κ2) is 7.10. The van der Waals surface area contributed by atoms with E-state index in [1.54, 1.807) is 7.11 Å². The van der Waals surface area contributed by atoms with Crippen molar-refractivity contribution in [3.05, 3.63) is 28.8 Å². The van der Waals surface area contributed by atoms with Crippen molar-refractivity contribution in [3.8, 4) is 5.75 Å². The van der Waals surface area contributed by atoms with Crippen LogP contribution in [0.4, 0.5) is 0 Å². The van der Waals surface area contributed by atoms with Gasteiger partial charge in [0.25, 0.3) is 0 Å². The first-order valence-corrected chi connectivity index (χ1v) is 9.24. The summed E-state index contributed by atoms with van der Waals surface area (Å²) in [6.07, 6.45) is 0.732. The normalized spacial score (nSPS) is 24.4. The van der Waals surface area contributed by atoms with E-state index in [1.165, 1.54) is 5.75 Å². The van der Waals surface area contributed by atoms with Gasteiger partial charge in [0.15, 0.2) is 0 Å². The highest BCUT2D eigenvalue weighted by Gasteiger charge is 2.32. The zero-order valence-electron chi connectivity index (χ0n) is 12.7. The van der Waals surface area contributed by atoms with Crippen LogP contribution >= 0.6 is 23.5 Å². The predicted molar refractivity (Wildman–Crippen MR) is 90.2 cm³/mol. The molecule has 2 nitrogen and oxygen atoms in total. The van der Waals surface area contributed by atoms with Crippen LogP contribution in [0.3, 0.4) is 0 Å². The lowest BCUT2D eigenvalue weighted by Gasteiger charge is -2.34. The largest absolute Gasteiger partial charge is 0.496 e. The van der Waals surface area contributed by atoms with Gasteiger partial charge in [-0.15, -0.1) is 0 Å². The van der Waals surface area contributed by atoms with E-state index < -0.39 is 0 Å². The molecule has 3 unspecified atom stereocenters. The number of hydrogen-bond donors (Lipinski definition) is 1. The number of thioether (sulfide) groups is 2. The second-order valence-corrected chi connectivity index (χ2v) is 7.91. The van der Waals surface area contributed by atoms with Crippen molar-refractivity contribution in [2.24, 2.45) is 0 Å². The minimum absolute atomic E-state index is 0.297. The Hall–Kier alpha value is -0.320. The zero-order chi connectivity index (χ0) is 14.7. The summed E-state index contributed by atoms with van der Waals surface area (Å²) >= 11 is 3.93. The first-order valence-electron chi connectivity index (χ1n) is 7.14. The molecule has 20 heavy (non-hydrogen) atoms. The lowest BCUT2D eigenvalue weighted by atomic mass is 9.96. The van der Waals surface area contributed by atoms with Crippen LogP contribution in [0.15, 0.2) is 12.1 Å². The van der Waals surface area contributed by atoms with E-state index in [0.717, 1.165) is 34.6 Å². The fourth-order valence-electron chi connectivity index (χ4n) is 2.76. The average molecular weight is 313 g/mol. The summed E-state index contributed by atoms with van der Waals surface area (Å²) in [5, 5.41) is 11.7. The first-order chi connectivity index (χ1) is 9.58. The van der Waals surface area contributed by atoms with Gasteiger partial charge in [0.1, 0.15) is 5.75 Å². The van der Waals surface area contributed by atoms with Gasteiger partial charge in [-0.1, -0.05) is 6.92 Å². The lowest BCUT2D eigenvalue weighted by Crippen LogP contribution is -2.31. The minimum atomic E-state index is -0.387. The third-order valence-electron chi connectivity index (χ3n) is 3.91. The quantitative estimate of drug-likeness (QED) is 0.911. The summed E-state index contributed by atoms with van der Waals surface area (Å²) in [5.41, 5.74) is 3.27. The molecule has 1 aliphatic rings. The van der Waals surface area contributed by atoms with E-state index >= 15 is 0 Å². The van der Waals surface area contributed by atoms with E-state index in [0.29, 0.717) is 10.5 Å². The molecular weight excluding hydrogens is 288 g/mol. The molecule has 112 valence electrons. The molecule has 4 heteroatoms. The number of aliphatic hydroxyl groups excluding tert-OH is 1. The standard InChI is InChI=1S/C16H24O2S2/c1-5-14-16(20-7-6-19-14)15(17)12-8-11(3)13(18-4)9-10(12)2/h8-9,14-17H,5-7H2,1-4H3. The predicted octanol–water partition coefficient (Wildman–Crippen LogP) is 3.97. The van der Waals surface area contributed by atoms with Crippen molar-refractivity contribution in [1.29, 1.82) is 0 Å². The van der Waals surface area contributed by atoms with Crippen molar-refractivity contribution >= 4 is 23.5 Å². The molecule has 1 N–H and O–H groups in total. The van der Waals surface area contributed by atoms with Gasteiger partial charge in [0.2, 0.25) is 0 Å². The van der Waals surface area contributed by atoms with E-state index in [1.807, 2.05) is 36.5 Å². The number of aryl methyl sites for hydroxylation is 2. The summed E-state index contributed by atoms with van der Waals surface area (Å²) in [7, 11) is 1.69. The highest BCUT2D eigenvalue weighted by molar-refractivity contribution is 8.07. The van der Waals surface area contributed by atoms with Crippen molar-refractivity contribution in [1.82, 2.24) is 0 Å². The molecule has 1 aliphatic heterocycles. The summed E-state index contributed by atoms with van der Waals surface area (Å²) in [4.78, 5) is 0. The summed E-state index contributed by atoms with van der Waals surface area (Å²) in [5.74, 6) is 3.24. The molecular formula is C16H24O2S2. The fourth-order valence-corrected chi connectivity index (χ4v) is 5.88. The zero-order valence-corrected chi connectivity index (χ0v) is 14.3. The monoisotopic (exact) mass is 312 g/mol. The van der Waals surface area contributed by atoms with Gasteiger partial charge in [-0.2, -0.15) is 23.5 Å². The number of aliphatic hydroxyl groups is 1. The Bertz CT molecular complexity index is 462. The maximum absolute atomic E-state index is 10.8. The average Bonchev–Trinajstić information content (AvgIpc) is 2.48. The number of hydrogen-bond acceptors (Lipinski definition) is 4. The van der Waals surface area contributed by atoms with E-state index in [9.17, 15) is 5.11 Å². The molecule has 2 rings (SSSR count).